The van der Waals surface area contributed by atoms with E-state index < -0.39 is 0 Å². The number of aliphatic hydroxyl groups excluding tert-OH is 1. The van der Waals surface area contributed by atoms with E-state index in [2.05, 4.69) is 35.5 Å². The van der Waals surface area contributed by atoms with Crippen LogP contribution in [0.5, 0.6) is 11.8 Å². The zero-order valence-electron chi connectivity index (χ0n) is 20.4. The first kappa shape index (κ1) is 23.2. The normalized spacial score (nSPS) is 17.2. The highest BCUT2D eigenvalue weighted by atomic mass is 16.5. The highest BCUT2D eigenvalue weighted by Gasteiger charge is 2.32. The van der Waals surface area contributed by atoms with Crippen molar-refractivity contribution in [1.29, 1.82) is 0 Å². The maximum Gasteiger partial charge on any atom is 0.231 e. The van der Waals surface area contributed by atoms with Crippen molar-refractivity contribution in [2.24, 2.45) is 0 Å². The fourth-order valence-electron chi connectivity index (χ4n) is 4.59. The Morgan fingerprint density at radius 1 is 1.19 bits per heavy atom. The first-order valence-corrected chi connectivity index (χ1v) is 12.4. The summed E-state index contributed by atoms with van der Waals surface area (Å²) in [6.45, 7) is 0.761. The van der Waals surface area contributed by atoms with Crippen LogP contribution in [0.2, 0.25) is 0 Å². The molecule has 0 radical (unpaired) electrons. The van der Waals surface area contributed by atoms with Crippen molar-refractivity contribution in [3.63, 3.8) is 0 Å². The average molecular weight is 505 g/mol. The summed E-state index contributed by atoms with van der Waals surface area (Å²) in [4.78, 5) is 15.7. The Bertz CT molecular complexity index is 1370. The van der Waals surface area contributed by atoms with Gasteiger partial charge in [0.25, 0.3) is 0 Å². The number of methoxy groups -OCH3 is 1. The minimum absolute atomic E-state index is 0.100. The number of aromatic amines is 1. The van der Waals surface area contributed by atoms with Gasteiger partial charge in [-0.25, -0.2) is 4.98 Å². The highest BCUT2D eigenvalue weighted by molar-refractivity contribution is 5.65. The maximum absolute atomic E-state index is 9.26. The van der Waals surface area contributed by atoms with Crippen LogP contribution < -0.4 is 19.7 Å². The number of nitrogens with one attached hydrogen (secondary N) is 2. The third kappa shape index (κ3) is 4.92. The van der Waals surface area contributed by atoms with Gasteiger partial charge in [-0.05, 0) is 37.8 Å². The van der Waals surface area contributed by atoms with Gasteiger partial charge < -0.3 is 29.3 Å². The molecule has 1 aliphatic heterocycles. The molecule has 1 saturated carbocycles. The lowest BCUT2D eigenvalue weighted by atomic mass is 10.1. The minimum atomic E-state index is -0.114. The minimum Gasteiger partial charge on any atom is -0.481 e. The molecule has 1 saturated heterocycles. The number of hydrogen-bond donors (Lipinski definition) is 3. The van der Waals surface area contributed by atoms with Crippen LogP contribution in [0.3, 0.4) is 0 Å². The summed E-state index contributed by atoms with van der Waals surface area (Å²) in [5, 5.41) is 24.3. The molecule has 2 aliphatic rings. The largest absolute Gasteiger partial charge is 0.481 e. The maximum atomic E-state index is 9.26. The van der Waals surface area contributed by atoms with E-state index >= 15 is 0 Å². The van der Waals surface area contributed by atoms with Gasteiger partial charge in [-0.2, -0.15) is 15.1 Å². The van der Waals surface area contributed by atoms with Crippen LogP contribution in [-0.4, -0.2) is 62.3 Å². The Labute approximate surface area is 213 Å². The molecule has 12 heteroatoms. The number of rotatable bonds is 10. The summed E-state index contributed by atoms with van der Waals surface area (Å²) in [5.41, 5.74) is 2.54. The molecule has 1 atom stereocenters. The number of hydrogen-bond acceptors (Lipinski definition) is 11. The number of aromatic nitrogens is 6. The SMILES string of the molecule is COc1ncccc1-c1cc([C@@H]2CCCN2c2nc(Nc3cc(C4CC4)[nH]n3)cc(OCCO)n2)on1. The molecule has 37 heavy (non-hydrogen) atoms. The first-order chi connectivity index (χ1) is 18.2. The molecule has 3 N–H and O–H groups in total. The van der Waals surface area contributed by atoms with Gasteiger partial charge in [-0.15, -0.1) is 0 Å². The molecule has 0 unspecified atom stereocenters. The van der Waals surface area contributed by atoms with Crippen LogP contribution in [0.15, 0.2) is 41.1 Å². The van der Waals surface area contributed by atoms with Crippen LogP contribution in [0, 0.1) is 0 Å². The number of ether oxygens (including phenoxy) is 2. The molecule has 2 fully saturated rings. The van der Waals surface area contributed by atoms with Gasteiger partial charge in [0, 0.05) is 42.6 Å². The average Bonchev–Trinajstić information content (AvgIpc) is 3.29. The predicted octanol–water partition coefficient (Wildman–Crippen LogP) is 3.59. The number of H-pyrrole nitrogens is 1. The molecule has 1 aliphatic carbocycles. The van der Waals surface area contributed by atoms with Crippen molar-refractivity contribution in [1.82, 2.24) is 30.3 Å². The Morgan fingerprint density at radius 3 is 2.95 bits per heavy atom. The van der Waals surface area contributed by atoms with Crippen molar-refractivity contribution in [2.45, 2.75) is 37.6 Å². The molecular weight excluding hydrogens is 476 g/mol. The lowest BCUT2D eigenvalue weighted by molar-refractivity contribution is 0.196. The van der Waals surface area contributed by atoms with Crippen molar-refractivity contribution in [2.75, 3.05) is 37.1 Å². The van der Waals surface area contributed by atoms with Crippen LogP contribution in [0.4, 0.5) is 17.6 Å². The molecule has 0 amide bonds. The summed E-state index contributed by atoms with van der Waals surface area (Å²) >= 11 is 0. The van der Waals surface area contributed by atoms with E-state index in [0.29, 0.717) is 46.7 Å². The highest BCUT2D eigenvalue weighted by Crippen LogP contribution is 2.40. The van der Waals surface area contributed by atoms with Gasteiger partial charge in [0.2, 0.25) is 17.7 Å². The van der Waals surface area contributed by atoms with E-state index in [-0.39, 0.29) is 19.3 Å². The van der Waals surface area contributed by atoms with E-state index in [1.807, 2.05) is 24.3 Å². The van der Waals surface area contributed by atoms with Crippen LogP contribution in [0.1, 0.15) is 49.1 Å². The molecule has 12 nitrogen and oxygen atoms in total. The Kier molecular flexibility index (Phi) is 6.31. The van der Waals surface area contributed by atoms with E-state index in [1.165, 1.54) is 12.8 Å². The summed E-state index contributed by atoms with van der Waals surface area (Å²) in [6.07, 6.45) is 5.84. The van der Waals surface area contributed by atoms with E-state index in [4.69, 9.17) is 19.0 Å². The zero-order valence-corrected chi connectivity index (χ0v) is 20.4. The van der Waals surface area contributed by atoms with Gasteiger partial charge in [-0.3, -0.25) is 5.10 Å². The Morgan fingerprint density at radius 2 is 2.11 bits per heavy atom. The van der Waals surface area contributed by atoms with Gasteiger partial charge in [0.1, 0.15) is 18.1 Å². The molecule has 0 aromatic carbocycles. The smallest absolute Gasteiger partial charge is 0.231 e. The number of aliphatic hydroxyl groups is 1. The summed E-state index contributed by atoms with van der Waals surface area (Å²) in [6, 6.07) is 9.26. The van der Waals surface area contributed by atoms with Gasteiger partial charge in [-0.1, -0.05) is 5.16 Å². The lowest BCUT2D eigenvalue weighted by Gasteiger charge is -2.23. The molecular formula is C25H28N8O4. The van der Waals surface area contributed by atoms with Gasteiger partial charge in [0.05, 0.1) is 25.3 Å². The number of nitrogens with zero attached hydrogens (tertiary/aromatic N) is 6. The molecule has 192 valence electrons. The molecule has 4 aromatic heterocycles. The third-order valence-corrected chi connectivity index (χ3v) is 6.51. The topological polar surface area (TPSA) is 147 Å². The second-order valence-electron chi connectivity index (χ2n) is 9.10. The zero-order chi connectivity index (χ0) is 25.2. The quantitative estimate of drug-likeness (QED) is 0.291. The fraction of sp³-hybridized carbons (Fsp3) is 0.400. The molecule has 0 spiro atoms. The molecule has 5 heterocycles. The van der Waals surface area contributed by atoms with E-state index in [0.717, 1.165) is 30.6 Å². The first-order valence-electron chi connectivity index (χ1n) is 12.4. The third-order valence-electron chi connectivity index (χ3n) is 6.51. The van der Waals surface area contributed by atoms with E-state index in [9.17, 15) is 5.11 Å². The predicted molar refractivity (Wildman–Crippen MR) is 134 cm³/mol. The van der Waals surface area contributed by atoms with Gasteiger partial charge in [0.15, 0.2) is 11.6 Å². The summed E-state index contributed by atoms with van der Waals surface area (Å²) in [5.74, 6) is 3.86. The van der Waals surface area contributed by atoms with Crippen molar-refractivity contribution in [3.8, 4) is 23.0 Å². The second-order valence-corrected chi connectivity index (χ2v) is 9.10. The summed E-state index contributed by atoms with van der Waals surface area (Å²) < 4.78 is 16.8. The van der Waals surface area contributed by atoms with Crippen molar-refractivity contribution >= 4 is 17.6 Å². The van der Waals surface area contributed by atoms with Gasteiger partial charge >= 0.3 is 0 Å². The molecule has 0 bridgehead atoms. The fourth-order valence-corrected chi connectivity index (χ4v) is 4.59. The Hall–Kier alpha value is -4.19. The molecule has 6 rings (SSSR count). The molecule has 4 aromatic rings. The van der Waals surface area contributed by atoms with Crippen LogP contribution in [-0.2, 0) is 0 Å². The lowest BCUT2D eigenvalue weighted by Crippen LogP contribution is -2.25. The Balaban J connectivity index is 1.28. The van der Waals surface area contributed by atoms with Crippen LogP contribution >= 0.6 is 0 Å². The van der Waals surface area contributed by atoms with Crippen molar-refractivity contribution < 1.29 is 19.1 Å². The number of pyridine rings is 1. The standard InChI is InChI=1S/C25H28N8O4/c1-35-24-16(4-2-8-26-24)18-12-20(37-32-18)19-5-3-9-33(19)25-28-21(14-23(29-25)36-11-10-34)27-22-13-17(30-31-22)15-6-7-15/h2,4,8,12-15,19,34H,3,5-7,9-11H2,1H3,(H2,27,28,29,30,31)/t19-/m0/s1. The second kappa shape index (κ2) is 10.1. The van der Waals surface area contributed by atoms with E-state index in [1.54, 1.807) is 19.4 Å². The summed E-state index contributed by atoms with van der Waals surface area (Å²) in [7, 11) is 1.58. The number of anilines is 3. The van der Waals surface area contributed by atoms with Crippen molar-refractivity contribution in [3.05, 3.63) is 48.0 Å². The monoisotopic (exact) mass is 504 g/mol. The van der Waals surface area contributed by atoms with Crippen LogP contribution in [0.25, 0.3) is 11.3 Å².